The second-order valence-corrected chi connectivity index (χ2v) is 32.6. The number of H-pyrrole nitrogens is 4. The van der Waals surface area contributed by atoms with Crippen molar-refractivity contribution in [3.63, 3.8) is 0 Å². The number of nitrogens with one attached hydrogen (secondary N) is 9. The first-order chi connectivity index (χ1) is 60.4. The number of likely N-dealkylation sites (tertiary alicyclic amines) is 3. The molecule has 129 heavy (non-hydrogen) atoms. The van der Waals surface area contributed by atoms with E-state index in [0.717, 1.165) is 157 Å². The van der Waals surface area contributed by atoms with Crippen LogP contribution in [0.1, 0.15) is 164 Å². The van der Waals surface area contributed by atoms with E-state index in [1.807, 2.05) is 97.5 Å². The summed E-state index contributed by atoms with van der Waals surface area (Å²) in [5.41, 5.74) is 14.5. The molecule has 0 unspecified atom stereocenters. The van der Waals surface area contributed by atoms with Gasteiger partial charge in [-0.05, 0) is 167 Å². The Morgan fingerprint density at radius 3 is 1.10 bits per heavy atom. The summed E-state index contributed by atoms with van der Waals surface area (Å²) in [5, 5.41) is 26.6. The monoisotopic (exact) mass is 1830 g/mol. The highest BCUT2D eigenvalue weighted by Gasteiger charge is 2.43. The number of imidazole rings is 4. The van der Waals surface area contributed by atoms with Crippen LogP contribution in [0.3, 0.4) is 0 Å². The van der Waals surface area contributed by atoms with Gasteiger partial charge in [-0.3, -0.25) is 19.2 Å². The molecule has 10 N–H and O–H groups in total. The van der Waals surface area contributed by atoms with Crippen molar-refractivity contribution in [2.75, 3.05) is 41.5 Å². The minimum atomic E-state index is -1.09. The summed E-state index contributed by atoms with van der Waals surface area (Å²) < 4.78 is 18.5. The van der Waals surface area contributed by atoms with Gasteiger partial charge in [-0.15, -0.1) is 49.6 Å². The number of amides is 7. The van der Waals surface area contributed by atoms with Crippen LogP contribution in [-0.2, 0) is 38.1 Å². The highest BCUT2D eigenvalue weighted by atomic mass is 35.5. The fraction of sp³-hybridized carbons (Fsp3) is 0.333. The number of methoxy groups -OCH3 is 4. The zero-order chi connectivity index (χ0) is 88.1. The van der Waals surface area contributed by atoms with Crippen LogP contribution < -0.4 is 26.6 Å². The van der Waals surface area contributed by atoms with Gasteiger partial charge in [0.25, 0.3) is 0 Å². The van der Waals surface area contributed by atoms with Gasteiger partial charge < -0.3 is 85.3 Å². The molecule has 16 rings (SSSR count). The number of carboxylic acids is 1. The van der Waals surface area contributed by atoms with Crippen LogP contribution in [0.2, 0.25) is 0 Å². The molecule has 33 heteroatoms. The van der Waals surface area contributed by atoms with Crippen molar-refractivity contribution in [3.8, 4) is 67.3 Å². The average molecular weight is 1840 g/mol. The molecule has 4 aliphatic rings. The van der Waals surface area contributed by atoms with Crippen LogP contribution in [-0.4, -0.2) is 173 Å². The number of aliphatic carboxylic acids is 1. The van der Waals surface area contributed by atoms with E-state index < -0.39 is 54.5 Å². The SMILES string of the molecule is COC(=O)N[C@@H](C)C(=O)N1[C@@H](c2ccccc2)CC[C@H]1c1ncc(-c2ccc(-c3ccc4cc(-c5cnc([C@@H]6CCCN6C(=O)[C@@H](NC(=O)OC)C(C)C)[nH]5)ccc4c3)cc2)[nH]1.COC(=O)N[C@@H](C)C(=O)O.COC(=O)N[C@H](C(=O)N1CCC[C@H]1c1ncc(-c2ccc3cc(-c4ccc(-c5cnc([C@@H]6CC[C@H](c7ccccc7)N6)[nH]5)cc4)ccc3c2)[nH]1)C(C)C.Cl.Cl.Cl.Cl. The number of carboxylic acid groups (broad SMARTS) is 1. The highest BCUT2D eigenvalue weighted by molar-refractivity contribution is 5.94. The Morgan fingerprint density at radius 1 is 0.357 bits per heavy atom. The van der Waals surface area contributed by atoms with Gasteiger partial charge in [0.2, 0.25) is 17.7 Å². The number of alkyl carbamates (subject to hydrolysis) is 4. The Labute approximate surface area is 773 Å². The van der Waals surface area contributed by atoms with Gasteiger partial charge in [0, 0.05) is 30.3 Å². The quantitative estimate of drug-likeness (QED) is 0.0282. The van der Waals surface area contributed by atoms with Crippen molar-refractivity contribution in [2.45, 2.75) is 153 Å². The maximum absolute atomic E-state index is 13.9. The summed E-state index contributed by atoms with van der Waals surface area (Å²) in [4.78, 5) is 136. The number of halogens is 4. The van der Waals surface area contributed by atoms with Gasteiger partial charge >= 0.3 is 30.3 Å². The summed E-state index contributed by atoms with van der Waals surface area (Å²) in [6.45, 7) is 11.9. The molecule has 0 bridgehead atoms. The minimum Gasteiger partial charge on any atom is -0.480 e. The van der Waals surface area contributed by atoms with Crippen LogP contribution in [0.25, 0.3) is 88.8 Å². The average Bonchev–Trinajstić information content (AvgIpc) is 1.65. The first-order valence-corrected chi connectivity index (χ1v) is 42.3. The van der Waals surface area contributed by atoms with Crippen LogP contribution in [0.4, 0.5) is 19.2 Å². The van der Waals surface area contributed by atoms with Crippen molar-refractivity contribution in [1.82, 2.24) is 81.2 Å². The predicted octanol–water partition coefficient (Wildman–Crippen LogP) is 18.5. The lowest BCUT2D eigenvalue weighted by Crippen LogP contribution is -2.51. The summed E-state index contributed by atoms with van der Waals surface area (Å²) in [6, 6.07) is 60.0. The molecule has 7 amide bonds. The lowest BCUT2D eigenvalue weighted by atomic mass is 9.98. The van der Waals surface area contributed by atoms with E-state index in [0.29, 0.717) is 31.4 Å². The van der Waals surface area contributed by atoms with E-state index in [1.54, 1.807) is 6.92 Å². The molecule has 0 aliphatic carbocycles. The van der Waals surface area contributed by atoms with Gasteiger partial charge in [0.05, 0.1) is 106 Å². The standard InChI is InChI=1S/C48H52N8O6.C43H45N7O3.C5H9NO4.4ClH/c1-28(2)42(54-48(60)62-5)46(58)55-23-9-12-40(55)43-49-27-38(53-43)36-20-19-34-24-33(17-18-35(34)25-36)30-13-15-31(16-14-30)37-26-50-44(52-37)41-22-21-39(32-10-7-6-8-11-32)56(41)45(57)29(3)51-47(59)61-4;1-26(2)39(49-43(52)53-3)42(51)50-21-7-10-38(50)41-45-25-37(48-41)33-18-17-31-22-30(15-16-32(31)23-33)27-11-13-29(14-12-27)36-24-44-40(47-36)35-20-19-34(46-35)28-8-5-4-6-9-28;1-3(4(7)8)6-5(9)10-2;;;;/h6-8,10-11,13-20,24-29,39-42H,9,12,21-23H2,1-5H3,(H,49,53)(H,50,52)(H,51,59)(H,54,60);4-6,8-9,11-18,22-26,34-35,38-39,46H,7,10,19-21H2,1-3H3,(H,44,47)(H,45,48)(H,49,52);3H,1-2H3,(H,6,9)(H,7,8);4*1H/t29-,39+,40-,41-,42-;34-,35+,38+,39+;3-;;;;/m010..../s1. The Kier molecular flexibility index (Phi) is 34.1. The van der Waals surface area contributed by atoms with E-state index in [4.69, 9.17) is 39.3 Å². The number of rotatable bonds is 22. The third kappa shape index (κ3) is 23.0. The molecule has 4 saturated heterocycles. The topological polar surface area (TPSA) is 378 Å². The van der Waals surface area contributed by atoms with Crippen LogP contribution >= 0.6 is 49.6 Å². The summed E-state index contributed by atoms with van der Waals surface area (Å²) in [6.07, 6.45) is 11.7. The number of carbonyl (C=O) groups excluding carboxylic acids is 7. The van der Waals surface area contributed by atoms with Crippen molar-refractivity contribution < 1.29 is 62.4 Å². The van der Waals surface area contributed by atoms with Crippen molar-refractivity contribution in [2.24, 2.45) is 11.8 Å². The maximum atomic E-state index is 13.9. The zero-order valence-electron chi connectivity index (χ0n) is 73.2. The van der Waals surface area contributed by atoms with E-state index in [-0.39, 0.29) is 109 Å². The Bertz CT molecular complexity index is 5840. The fourth-order valence-corrected chi connectivity index (χ4v) is 17.0. The molecule has 4 aromatic heterocycles. The molecule has 29 nitrogen and oxygen atoms in total. The number of benzene rings is 8. The zero-order valence-corrected chi connectivity index (χ0v) is 76.5. The highest BCUT2D eigenvalue weighted by Crippen LogP contribution is 2.45. The summed E-state index contributed by atoms with van der Waals surface area (Å²) >= 11 is 0. The minimum absolute atomic E-state index is 0. The number of aromatic nitrogens is 8. The first kappa shape index (κ1) is 98.4. The molecule has 0 spiro atoms. The van der Waals surface area contributed by atoms with E-state index in [2.05, 4.69) is 203 Å². The fourth-order valence-electron chi connectivity index (χ4n) is 17.0. The molecule has 4 fully saturated rings. The summed E-state index contributed by atoms with van der Waals surface area (Å²) in [5.74, 6) is 1.41. The number of nitrogens with zero attached hydrogens (tertiary/aromatic N) is 7. The van der Waals surface area contributed by atoms with E-state index in [1.165, 1.54) is 40.9 Å². The van der Waals surface area contributed by atoms with Gasteiger partial charge in [0.1, 0.15) is 47.5 Å². The van der Waals surface area contributed by atoms with Crippen LogP contribution in [0, 0.1) is 11.8 Å². The Morgan fingerprint density at radius 2 is 0.690 bits per heavy atom. The molecule has 8 aromatic carbocycles. The Balaban J connectivity index is 0.000000238. The molecule has 0 saturated carbocycles. The number of fused-ring (bicyclic) bond motifs is 2. The van der Waals surface area contributed by atoms with Gasteiger partial charge in [-0.1, -0.05) is 185 Å². The largest absolute Gasteiger partial charge is 0.480 e. The van der Waals surface area contributed by atoms with Crippen molar-refractivity contribution in [1.29, 1.82) is 0 Å². The van der Waals surface area contributed by atoms with E-state index in [9.17, 15) is 38.4 Å². The third-order valence-electron chi connectivity index (χ3n) is 23.8. The number of hydrogen-bond donors (Lipinski definition) is 10. The van der Waals surface area contributed by atoms with Gasteiger partial charge in [-0.25, -0.2) is 39.1 Å². The van der Waals surface area contributed by atoms with Gasteiger partial charge in [-0.2, -0.15) is 0 Å². The molecule has 8 heterocycles. The molecule has 680 valence electrons. The number of hydrogen-bond acceptors (Lipinski definition) is 17. The van der Waals surface area contributed by atoms with Crippen LogP contribution in [0.15, 0.2) is 207 Å². The number of aromatic amines is 4. The normalized spacial score (nSPS) is 17.7. The lowest BCUT2D eigenvalue weighted by Gasteiger charge is -2.32. The van der Waals surface area contributed by atoms with E-state index >= 15 is 0 Å². The Hall–Kier alpha value is -12.8. The lowest BCUT2D eigenvalue weighted by molar-refractivity contribution is -0.139. The van der Waals surface area contributed by atoms with Gasteiger partial charge in [0.15, 0.2) is 0 Å². The smallest absolute Gasteiger partial charge is 0.407 e. The molecule has 4 aliphatic heterocycles. The predicted molar refractivity (Wildman–Crippen MR) is 504 cm³/mol. The summed E-state index contributed by atoms with van der Waals surface area (Å²) in [7, 11) is 5.05. The third-order valence-corrected chi connectivity index (χ3v) is 23.8. The molecule has 12 aromatic rings. The molecule has 10 atom stereocenters. The molecule has 0 radical (unpaired) electrons. The number of ether oxygens (including phenoxy) is 4. The molecular weight excluding hydrogens is 1730 g/mol. The van der Waals surface area contributed by atoms with Crippen LogP contribution in [0.5, 0.6) is 0 Å². The second-order valence-electron chi connectivity index (χ2n) is 32.6. The van der Waals surface area contributed by atoms with Crippen molar-refractivity contribution in [3.05, 3.63) is 241 Å². The second kappa shape index (κ2) is 44.8. The van der Waals surface area contributed by atoms with Crippen molar-refractivity contribution >= 4 is 119 Å². The number of carbonyl (C=O) groups is 8. The first-order valence-electron chi connectivity index (χ1n) is 42.3. The maximum Gasteiger partial charge on any atom is 0.407 e. The molecular formula is C96H110Cl4N16O13.